The van der Waals surface area contributed by atoms with Crippen LogP contribution in [0.25, 0.3) is 0 Å². The third-order valence-electron chi connectivity index (χ3n) is 11.6. The van der Waals surface area contributed by atoms with E-state index in [-0.39, 0.29) is 55.4 Å². The first-order chi connectivity index (χ1) is 25.6. The van der Waals surface area contributed by atoms with Crippen LogP contribution in [0.1, 0.15) is 113 Å². The molecule has 3 heterocycles. The van der Waals surface area contributed by atoms with E-state index in [2.05, 4.69) is 20.9 Å². The van der Waals surface area contributed by atoms with Crippen LogP contribution in [0.2, 0.25) is 0 Å². The van der Waals surface area contributed by atoms with E-state index in [0.29, 0.717) is 25.0 Å². The fourth-order valence-corrected chi connectivity index (χ4v) is 10.1. The summed E-state index contributed by atoms with van der Waals surface area (Å²) in [7, 11) is -3.50. The van der Waals surface area contributed by atoms with Gasteiger partial charge in [0.15, 0.2) is 9.84 Å². The molecule has 2 saturated carbocycles. The van der Waals surface area contributed by atoms with Crippen LogP contribution in [0.5, 0.6) is 0 Å². The van der Waals surface area contributed by atoms with E-state index >= 15 is 0 Å². The number of carbonyl (C=O) groups is 5. The molecule has 4 amide bonds. The highest BCUT2D eigenvalue weighted by Gasteiger charge is 2.49. The van der Waals surface area contributed by atoms with Crippen molar-refractivity contribution in [3.05, 3.63) is 41.7 Å². The second-order valence-corrected chi connectivity index (χ2v) is 18.0. The summed E-state index contributed by atoms with van der Waals surface area (Å²) >= 11 is 0. The van der Waals surface area contributed by atoms with Gasteiger partial charge in [-0.2, -0.15) is 0 Å². The average molecular weight is 770 g/mol. The minimum atomic E-state index is -3.50. The standard InChI is InChI=1S/C37H51N7O9S/c1-36(2,50)30-21-39-42-44(30)25-20-29(34(48)41-37(31(45)32(38)46)15-17-53-18-16-37)43(22-25)35(49)28(19-23-7-4-3-5-8-23)40-33(47)24-11-13-27(14-12-24)54(51,52)26-9-6-10-26/h11-14,21,23,25-26,28-29,50H,3-10,15-20,22H2,1-2H3,(H2,38,46)(H,40,47)(H,41,48)/t25-,28+,29-/m0/s1. The molecular formula is C37H51N7O9S. The Hall–Kier alpha value is -4.22. The summed E-state index contributed by atoms with van der Waals surface area (Å²) in [6, 6.07) is 2.88. The number of ketones is 1. The van der Waals surface area contributed by atoms with Crippen molar-refractivity contribution >= 4 is 39.2 Å². The van der Waals surface area contributed by atoms with Gasteiger partial charge < -0.3 is 31.1 Å². The number of rotatable bonds is 13. The van der Waals surface area contributed by atoms with Crippen LogP contribution in [0.4, 0.5) is 0 Å². The zero-order valence-corrected chi connectivity index (χ0v) is 31.7. The molecule has 2 aliphatic heterocycles. The molecule has 4 aliphatic rings. The van der Waals surface area contributed by atoms with Crippen LogP contribution in [-0.2, 0) is 39.4 Å². The predicted octanol–water partition coefficient (Wildman–Crippen LogP) is 1.46. The van der Waals surface area contributed by atoms with Gasteiger partial charge in [0.1, 0.15) is 23.2 Å². The Balaban J connectivity index is 1.30. The fourth-order valence-electron chi connectivity index (χ4n) is 8.21. The smallest absolute Gasteiger partial charge is 0.287 e. The normalized spacial score (nSPS) is 22.9. The fraction of sp³-hybridized carbons (Fsp3) is 0.649. The molecule has 6 rings (SSSR count). The molecule has 294 valence electrons. The monoisotopic (exact) mass is 769 g/mol. The Morgan fingerprint density at radius 2 is 1.69 bits per heavy atom. The lowest BCUT2D eigenvalue weighted by molar-refractivity contribution is -0.147. The van der Waals surface area contributed by atoms with Crippen molar-refractivity contribution in [2.24, 2.45) is 11.7 Å². The van der Waals surface area contributed by atoms with Gasteiger partial charge >= 0.3 is 0 Å². The largest absolute Gasteiger partial charge is 0.384 e. The summed E-state index contributed by atoms with van der Waals surface area (Å²) in [5, 5.41) is 24.3. The Kier molecular flexibility index (Phi) is 11.6. The summed E-state index contributed by atoms with van der Waals surface area (Å²) < 4.78 is 32.8. The molecular weight excluding hydrogens is 719 g/mol. The number of ether oxygens (including phenoxy) is 1. The van der Waals surface area contributed by atoms with E-state index in [9.17, 15) is 37.5 Å². The van der Waals surface area contributed by atoms with E-state index in [1.54, 1.807) is 13.8 Å². The SMILES string of the molecule is CC(C)(O)c1cnnn1[C@H]1C[C@@H](C(=O)NC2(C(=O)C(N)=O)CCOCC2)N(C(=O)[C@@H](CC2CCCCC2)NC(=O)c2ccc(S(=O)(=O)C3CCC3)cc2)C1. The summed E-state index contributed by atoms with van der Waals surface area (Å²) in [6.07, 6.45) is 8.65. The first-order valence-electron chi connectivity index (χ1n) is 18.9. The second kappa shape index (κ2) is 15.9. The maximum Gasteiger partial charge on any atom is 0.287 e. The van der Waals surface area contributed by atoms with Gasteiger partial charge in [-0.3, -0.25) is 24.0 Å². The summed E-state index contributed by atoms with van der Waals surface area (Å²) in [5.74, 6) is -3.80. The van der Waals surface area contributed by atoms with Gasteiger partial charge in [-0.25, -0.2) is 13.1 Å². The molecule has 4 fully saturated rings. The predicted molar refractivity (Wildman–Crippen MR) is 193 cm³/mol. The number of carbonyl (C=O) groups excluding carboxylic acids is 5. The van der Waals surface area contributed by atoms with Crippen LogP contribution in [-0.4, -0.2) is 105 Å². The number of aromatic nitrogens is 3. The van der Waals surface area contributed by atoms with Crippen molar-refractivity contribution in [3.8, 4) is 0 Å². The van der Waals surface area contributed by atoms with E-state index < -0.39 is 73.8 Å². The number of hydrogen-bond donors (Lipinski definition) is 4. The Morgan fingerprint density at radius 3 is 2.28 bits per heavy atom. The number of benzene rings is 1. The van der Waals surface area contributed by atoms with E-state index in [0.717, 1.165) is 38.5 Å². The van der Waals surface area contributed by atoms with Gasteiger partial charge in [-0.15, -0.1) is 5.10 Å². The third-order valence-corrected chi connectivity index (χ3v) is 13.9. The summed E-state index contributed by atoms with van der Waals surface area (Å²) in [6.45, 7) is 3.31. The lowest BCUT2D eigenvalue weighted by Gasteiger charge is -2.37. The van der Waals surface area contributed by atoms with Crippen molar-refractivity contribution in [1.82, 2.24) is 30.5 Å². The highest BCUT2D eigenvalue weighted by atomic mass is 32.2. The molecule has 2 saturated heterocycles. The lowest BCUT2D eigenvalue weighted by Crippen LogP contribution is -2.64. The number of primary amides is 1. The van der Waals surface area contributed by atoms with Gasteiger partial charge in [0.25, 0.3) is 11.8 Å². The number of likely N-dealkylation sites (tertiary alicyclic amines) is 1. The number of nitrogens with two attached hydrogens (primary N) is 1. The molecule has 2 aliphatic carbocycles. The molecule has 54 heavy (non-hydrogen) atoms. The van der Waals surface area contributed by atoms with Crippen molar-refractivity contribution in [1.29, 1.82) is 0 Å². The molecule has 5 N–H and O–H groups in total. The highest BCUT2D eigenvalue weighted by molar-refractivity contribution is 7.92. The van der Waals surface area contributed by atoms with Crippen molar-refractivity contribution < 1.29 is 42.2 Å². The third kappa shape index (κ3) is 8.22. The second-order valence-electron chi connectivity index (χ2n) is 15.8. The van der Waals surface area contributed by atoms with Crippen LogP contribution >= 0.6 is 0 Å². The van der Waals surface area contributed by atoms with E-state index in [4.69, 9.17) is 10.5 Å². The maximum absolute atomic E-state index is 14.8. The highest BCUT2D eigenvalue weighted by Crippen LogP contribution is 2.35. The van der Waals surface area contributed by atoms with Crippen molar-refractivity contribution in [2.75, 3.05) is 19.8 Å². The number of Topliss-reactive ketones (excluding diaryl/α,β-unsaturated/α-hetero) is 1. The molecule has 0 radical (unpaired) electrons. The maximum atomic E-state index is 14.8. The number of sulfone groups is 1. The summed E-state index contributed by atoms with van der Waals surface area (Å²) in [4.78, 5) is 69.7. The Morgan fingerprint density at radius 1 is 1.02 bits per heavy atom. The molecule has 1 aromatic heterocycles. The molecule has 0 unspecified atom stereocenters. The number of nitrogens with one attached hydrogen (secondary N) is 2. The van der Waals surface area contributed by atoms with E-state index in [1.165, 1.54) is 40.0 Å². The first-order valence-corrected chi connectivity index (χ1v) is 20.5. The quantitative estimate of drug-likeness (QED) is 0.213. The molecule has 1 aromatic carbocycles. The molecule has 3 atom stereocenters. The topological polar surface area (TPSA) is 233 Å². The van der Waals surface area contributed by atoms with Gasteiger partial charge in [0.2, 0.25) is 17.6 Å². The first kappa shape index (κ1) is 39.5. The van der Waals surface area contributed by atoms with Crippen LogP contribution in [0.3, 0.4) is 0 Å². The minimum Gasteiger partial charge on any atom is -0.384 e. The molecule has 0 spiro atoms. The average Bonchev–Trinajstić information content (AvgIpc) is 3.79. The van der Waals surface area contributed by atoms with E-state index in [1.807, 2.05) is 0 Å². The lowest BCUT2D eigenvalue weighted by atomic mass is 9.84. The van der Waals surface area contributed by atoms with Gasteiger partial charge in [0, 0.05) is 44.6 Å². The van der Waals surface area contributed by atoms with Gasteiger partial charge in [-0.1, -0.05) is 43.7 Å². The zero-order chi connectivity index (χ0) is 38.8. The molecule has 0 bridgehead atoms. The van der Waals surface area contributed by atoms with Crippen molar-refractivity contribution in [2.45, 2.75) is 130 Å². The summed E-state index contributed by atoms with van der Waals surface area (Å²) in [5.41, 5.74) is 2.99. The van der Waals surface area contributed by atoms with Gasteiger partial charge in [0.05, 0.1) is 28.1 Å². The van der Waals surface area contributed by atoms with Crippen molar-refractivity contribution in [3.63, 3.8) is 0 Å². The number of amides is 4. The van der Waals surface area contributed by atoms with Crippen LogP contribution in [0.15, 0.2) is 35.4 Å². The minimum absolute atomic E-state index is 0.0116. The van der Waals surface area contributed by atoms with Crippen LogP contribution in [0, 0.1) is 5.92 Å². The molecule has 16 nitrogen and oxygen atoms in total. The van der Waals surface area contributed by atoms with Crippen LogP contribution < -0.4 is 16.4 Å². The Labute approximate surface area is 314 Å². The Bertz CT molecular complexity index is 1840. The molecule has 2 aromatic rings. The number of aliphatic hydroxyl groups is 1. The molecule has 17 heteroatoms. The zero-order valence-electron chi connectivity index (χ0n) is 30.9. The number of hydrogen-bond acceptors (Lipinski definition) is 11. The number of nitrogens with zero attached hydrogens (tertiary/aromatic N) is 4. The van der Waals surface area contributed by atoms with Gasteiger partial charge in [-0.05, 0) is 63.3 Å².